The van der Waals surface area contributed by atoms with Gasteiger partial charge in [0.05, 0.1) is 6.42 Å². The zero-order chi connectivity index (χ0) is 9.35. The Balaban J connectivity index is 2.77. The van der Waals surface area contributed by atoms with Crippen LogP contribution in [-0.4, -0.2) is 27.0 Å². The van der Waals surface area contributed by atoms with Gasteiger partial charge in [-0.1, -0.05) is 0 Å². The molecule has 2 amide bonds. The van der Waals surface area contributed by atoms with Crippen molar-refractivity contribution in [3.8, 4) is 0 Å². The fraction of sp³-hybridized carbons (Fsp3) is 0.500. The highest BCUT2D eigenvalue weighted by Gasteiger charge is 2.45. The van der Waals surface area contributed by atoms with Crippen LogP contribution in [0.4, 0.5) is 4.79 Å². The van der Waals surface area contributed by atoms with Crippen molar-refractivity contribution in [2.45, 2.75) is 18.1 Å². The number of hydrogen-bond donors (Lipinski definition) is 2. The van der Waals surface area contributed by atoms with Crippen molar-refractivity contribution in [2.24, 2.45) is 0 Å². The molecule has 12 heavy (non-hydrogen) atoms. The summed E-state index contributed by atoms with van der Waals surface area (Å²) in [7, 11) is 0. The molecule has 0 bridgehead atoms. The SMILES string of the molecule is C[C@@]1(CC(=O)O)SC(=O)NC1=O. The fourth-order valence-corrected chi connectivity index (χ4v) is 1.80. The van der Waals surface area contributed by atoms with E-state index < -0.39 is 21.9 Å². The normalized spacial score (nSPS) is 28.8. The molecule has 0 aliphatic carbocycles. The van der Waals surface area contributed by atoms with E-state index in [1.54, 1.807) is 0 Å². The number of nitrogens with one attached hydrogen (secondary N) is 1. The van der Waals surface area contributed by atoms with E-state index in [2.05, 4.69) is 0 Å². The van der Waals surface area contributed by atoms with Gasteiger partial charge in [-0.2, -0.15) is 0 Å². The molecule has 0 saturated carbocycles. The molecule has 1 fully saturated rings. The van der Waals surface area contributed by atoms with Crippen LogP contribution in [-0.2, 0) is 9.59 Å². The Labute approximate surface area is 72.5 Å². The fourth-order valence-electron chi connectivity index (χ4n) is 0.906. The van der Waals surface area contributed by atoms with Crippen molar-refractivity contribution in [1.29, 1.82) is 0 Å². The Kier molecular flexibility index (Phi) is 2.10. The van der Waals surface area contributed by atoms with E-state index in [0.717, 1.165) is 11.8 Å². The summed E-state index contributed by atoms with van der Waals surface area (Å²) in [4.78, 5) is 32.0. The molecule has 1 heterocycles. The van der Waals surface area contributed by atoms with Gasteiger partial charge >= 0.3 is 5.97 Å². The Bertz CT molecular complexity index is 264. The average Bonchev–Trinajstić information content (AvgIpc) is 2.04. The molecular formula is C6H7NO4S. The lowest BCUT2D eigenvalue weighted by Crippen LogP contribution is -2.35. The first kappa shape index (κ1) is 9.05. The van der Waals surface area contributed by atoms with Crippen molar-refractivity contribution in [3.05, 3.63) is 0 Å². The highest BCUT2D eigenvalue weighted by molar-refractivity contribution is 8.16. The van der Waals surface area contributed by atoms with E-state index in [-0.39, 0.29) is 6.42 Å². The van der Waals surface area contributed by atoms with Crippen LogP contribution >= 0.6 is 11.8 Å². The standard InChI is InChI=1S/C6H7NO4S/c1-6(2-3(8)9)4(10)7-5(11)12-6/h2H2,1H3,(H,8,9)(H,7,10,11)/t6-/m0/s1. The predicted molar refractivity (Wildman–Crippen MR) is 41.8 cm³/mol. The average molecular weight is 189 g/mol. The van der Waals surface area contributed by atoms with E-state index >= 15 is 0 Å². The summed E-state index contributed by atoms with van der Waals surface area (Å²) >= 11 is 0.724. The third-order valence-corrected chi connectivity index (χ3v) is 2.57. The number of carboxylic acid groups (broad SMARTS) is 1. The number of hydrogen-bond acceptors (Lipinski definition) is 4. The monoisotopic (exact) mass is 189 g/mol. The van der Waals surface area contributed by atoms with Crippen molar-refractivity contribution in [3.63, 3.8) is 0 Å². The van der Waals surface area contributed by atoms with Gasteiger partial charge in [-0.25, -0.2) is 0 Å². The van der Waals surface area contributed by atoms with Crippen LogP contribution in [0.5, 0.6) is 0 Å². The molecular weight excluding hydrogens is 182 g/mol. The number of carboxylic acids is 1. The molecule has 0 aromatic rings. The van der Waals surface area contributed by atoms with Gasteiger partial charge < -0.3 is 5.11 Å². The minimum atomic E-state index is -1.14. The highest BCUT2D eigenvalue weighted by Crippen LogP contribution is 2.34. The predicted octanol–water partition coefficient (Wildman–Crippen LogP) is 0.203. The summed E-state index contributed by atoms with van der Waals surface area (Å²) in [6.45, 7) is 1.44. The number of rotatable bonds is 2. The Hall–Kier alpha value is -1.04. The molecule has 66 valence electrons. The number of amides is 2. The number of thioether (sulfide) groups is 1. The number of carbonyl (C=O) groups excluding carboxylic acids is 2. The van der Waals surface area contributed by atoms with Crippen LogP contribution in [0.2, 0.25) is 0 Å². The second kappa shape index (κ2) is 2.78. The topological polar surface area (TPSA) is 83.5 Å². The Morgan fingerprint density at radius 2 is 2.25 bits per heavy atom. The van der Waals surface area contributed by atoms with Crippen LogP contribution < -0.4 is 5.32 Å². The molecule has 0 aromatic carbocycles. The van der Waals surface area contributed by atoms with Gasteiger partial charge in [0.15, 0.2) is 0 Å². The third-order valence-electron chi connectivity index (χ3n) is 1.50. The van der Waals surface area contributed by atoms with Crippen LogP contribution in [0, 0.1) is 0 Å². The smallest absolute Gasteiger partial charge is 0.305 e. The first-order valence-electron chi connectivity index (χ1n) is 3.20. The minimum absolute atomic E-state index is 0.338. The summed E-state index contributed by atoms with van der Waals surface area (Å²) < 4.78 is -1.14. The molecule has 1 atom stereocenters. The summed E-state index contributed by atoms with van der Waals surface area (Å²) in [5.41, 5.74) is 0. The third kappa shape index (κ3) is 1.58. The van der Waals surface area contributed by atoms with Gasteiger partial charge in [-0.05, 0) is 18.7 Å². The maximum absolute atomic E-state index is 11.0. The first-order valence-corrected chi connectivity index (χ1v) is 4.02. The lowest BCUT2D eigenvalue weighted by Gasteiger charge is -2.14. The molecule has 6 heteroatoms. The molecule has 1 saturated heterocycles. The molecule has 5 nitrogen and oxygen atoms in total. The number of imide groups is 1. The van der Waals surface area contributed by atoms with Crippen LogP contribution in [0.1, 0.15) is 13.3 Å². The zero-order valence-electron chi connectivity index (χ0n) is 6.29. The van der Waals surface area contributed by atoms with E-state index in [9.17, 15) is 14.4 Å². The molecule has 0 spiro atoms. The molecule has 0 aromatic heterocycles. The quantitative estimate of drug-likeness (QED) is 0.648. The molecule has 1 aliphatic heterocycles. The lowest BCUT2D eigenvalue weighted by atomic mass is 10.1. The summed E-state index contributed by atoms with van der Waals surface area (Å²) in [6, 6.07) is 0. The van der Waals surface area contributed by atoms with E-state index in [0.29, 0.717) is 0 Å². The molecule has 0 unspecified atom stereocenters. The molecule has 0 radical (unpaired) electrons. The zero-order valence-corrected chi connectivity index (χ0v) is 7.10. The van der Waals surface area contributed by atoms with E-state index in [4.69, 9.17) is 5.11 Å². The van der Waals surface area contributed by atoms with E-state index in [1.165, 1.54) is 6.92 Å². The molecule has 2 N–H and O–H groups in total. The number of aliphatic carboxylic acids is 1. The lowest BCUT2D eigenvalue weighted by molar-refractivity contribution is -0.139. The van der Waals surface area contributed by atoms with Gasteiger partial charge in [0.2, 0.25) is 5.91 Å². The van der Waals surface area contributed by atoms with Crippen molar-refractivity contribution in [2.75, 3.05) is 0 Å². The van der Waals surface area contributed by atoms with Crippen molar-refractivity contribution < 1.29 is 19.5 Å². The largest absolute Gasteiger partial charge is 0.481 e. The number of carbonyl (C=O) groups is 3. The maximum Gasteiger partial charge on any atom is 0.305 e. The summed E-state index contributed by atoms with van der Waals surface area (Å²) in [5.74, 6) is -1.62. The first-order chi connectivity index (χ1) is 5.44. The van der Waals surface area contributed by atoms with Gasteiger partial charge in [-0.3, -0.25) is 19.7 Å². The second-order valence-corrected chi connectivity index (χ2v) is 4.12. The van der Waals surface area contributed by atoms with Gasteiger partial charge in [0.1, 0.15) is 4.75 Å². The second-order valence-electron chi connectivity index (χ2n) is 2.65. The van der Waals surface area contributed by atoms with Gasteiger partial charge in [0, 0.05) is 0 Å². The molecule has 1 aliphatic rings. The van der Waals surface area contributed by atoms with Crippen molar-refractivity contribution in [1.82, 2.24) is 5.32 Å². The van der Waals surface area contributed by atoms with E-state index in [1.807, 2.05) is 5.32 Å². The van der Waals surface area contributed by atoms with Crippen LogP contribution in [0.3, 0.4) is 0 Å². The Morgan fingerprint density at radius 3 is 2.58 bits per heavy atom. The summed E-state index contributed by atoms with van der Waals surface area (Å²) in [5, 5.41) is 9.99. The van der Waals surface area contributed by atoms with Crippen LogP contribution in [0.25, 0.3) is 0 Å². The Morgan fingerprint density at radius 1 is 1.67 bits per heavy atom. The van der Waals surface area contributed by atoms with Crippen LogP contribution in [0.15, 0.2) is 0 Å². The van der Waals surface area contributed by atoms with Gasteiger partial charge in [0.25, 0.3) is 5.24 Å². The van der Waals surface area contributed by atoms with Crippen molar-refractivity contribution >= 4 is 28.9 Å². The highest BCUT2D eigenvalue weighted by atomic mass is 32.2. The maximum atomic E-state index is 11.0. The summed E-state index contributed by atoms with van der Waals surface area (Å²) in [6.07, 6.45) is -0.338. The minimum Gasteiger partial charge on any atom is -0.481 e. The molecule has 1 rings (SSSR count). The van der Waals surface area contributed by atoms with Gasteiger partial charge in [-0.15, -0.1) is 0 Å².